The molecule has 1 aliphatic carbocycles. The van der Waals surface area contributed by atoms with Gasteiger partial charge in [-0.1, -0.05) is 0 Å². The van der Waals surface area contributed by atoms with Gasteiger partial charge in [-0.2, -0.15) is 0 Å². The predicted molar refractivity (Wildman–Crippen MR) is 90.1 cm³/mol. The van der Waals surface area contributed by atoms with Crippen molar-refractivity contribution in [2.24, 2.45) is 5.92 Å². The quantitative estimate of drug-likeness (QED) is 0.783. The molecule has 118 valence electrons. The Bertz CT molecular complexity index is 846. The van der Waals surface area contributed by atoms with Crippen molar-refractivity contribution in [3.8, 4) is 17.0 Å². The number of carbonyl (C=O) groups is 1. The van der Waals surface area contributed by atoms with E-state index in [2.05, 4.69) is 10.3 Å². The van der Waals surface area contributed by atoms with E-state index in [1.165, 1.54) is 24.2 Å². The lowest BCUT2D eigenvalue weighted by atomic mass is 10.1. The minimum absolute atomic E-state index is 0.0985. The summed E-state index contributed by atoms with van der Waals surface area (Å²) >= 11 is 1.53. The van der Waals surface area contributed by atoms with Gasteiger partial charge >= 0.3 is 0 Å². The van der Waals surface area contributed by atoms with Crippen molar-refractivity contribution in [1.29, 1.82) is 0 Å². The van der Waals surface area contributed by atoms with Crippen molar-refractivity contribution in [3.63, 3.8) is 0 Å². The van der Waals surface area contributed by atoms with Gasteiger partial charge in [0.15, 0.2) is 10.7 Å². The number of aromatic nitrogens is 2. The third kappa shape index (κ3) is 2.70. The Morgan fingerprint density at radius 3 is 2.87 bits per heavy atom. The highest BCUT2D eigenvalue weighted by molar-refractivity contribution is 7.15. The Morgan fingerprint density at radius 2 is 2.17 bits per heavy atom. The first-order chi connectivity index (χ1) is 11.3. The number of fused-ring (bicyclic) bond motifs is 1. The van der Waals surface area contributed by atoms with E-state index < -0.39 is 0 Å². The van der Waals surface area contributed by atoms with Crippen LogP contribution in [-0.2, 0) is 0 Å². The van der Waals surface area contributed by atoms with Crippen molar-refractivity contribution in [2.45, 2.75) is 12.8 Å². The molecular formula is C17H17N3O2S. The number of ether oxygens (including phenoxy) is 1. The molecule has 0 radical (unpaired) electrons. The molecule has 1 aromatic carbocycles. The van der Waals surface area contributed by atoms with Crippen LogP contribution >= 0.6 is 11.3 Å². The standard InChI is InChI=1S/C17H17N3O2S/c1-22-13-6-4-12(5-7-13)15-14(16(21)18-10-11-2-3-11)19-17-20(15)8-9-23-17/h4-9,11H,2-3,10H2,1H3,(H,18,21). The van der Waals surface area contributed by atoms with Gasteiger partial charge in [-0.3, -0.25) is 9.20 Å². The Morgan fingerprint density at radius 1 is 1.39 bits per heavy atom. The highest BCUT2D eigenvalue weighted by Crippen LogP contribution is 2.30. The molecule has 1 aliphatic rings. The van der Waals surface area contributed by atoms with Gasteiger partial charge < -0.3 is 10.1 Å². The number of carbonyl (C=O) groups excluding carboxylic acids is 1. The van der Waals surface area contributed by atoms with Gasteiger partial charge in [0, 0.05) is 23.7 Å². The number of thiazole rings is 1. The number of rotatable bonds is 5. The summed E-state index contributed by atoms with van der Waals surface area (Å²) in [5, 5.41) is 4.98. The summed E-state index contributed by atoms with van der Waals surface area (Å²) in [5.74, 6) is 1.34. The summed E-state index contributed by atoms with van der Waals surface area (Å²) in [6.07, 6.45) is 4.37. The second-order valence-electron chi connectivity index (χ2n) is 5.75. The van der Waals surface area contributed by atoms with Crippen LogP contribution in [0.25, 0.3) is 16.2 Å². The second-order valence-corrected chi connectivity index (χ2v) is 6.62. The molecule has 1 saturated carbocycles. The Labute approximate surface area is 137 Å². The van der Waals surface area contributed by atoms with E-state index in [9.17, 15) is 4.79 Å². The normalized spacial score (nSPS) is 14.1. The lowest BCUT2D eigenvalue weighted by Gasteiger charge is -2.07. The number of nitrogens with zero attached hydrogens (tertiary/aromatic N) is 2. The molecule has 2 heterocycles. The summed E-state index contributed by atoms with van der Waals surface area (Å²) in [5.41, 5.74) is 2.27. The second kappa shape index (κ2) is 5.70. The van der Waals surface area contributed by atoms with Crippen LogP contribution in [0.5, 0.6) is 5.75 Å². The van der Waals surface area contributed by atoms with E-state index in [1.54, 1.807) is 7.11 Å². The Balaban J connectivity index is 1.73. The fourth-order valence-electron chi connectivity index (χ4n) is 2.61. The van der Waals surface area contributed by atoms with Gasteiger partial charge in [0.25, 0.3) is 5.91 Å². The van der Waals surface area contributed by atoms with Crippen molar-refractivity contribution < 1.29 is 9.53 Å². The molecule has 23 heavy (non-hydrogen) atoms. The molecule has 0 spiro atoms. The first kappa shape index (κ1) is 14.3. The first-order valence-corrected chi connectivity index (χ1v) is 8.52. The van der Waals surface area contributed by atoms with E-state index >= 15 is 0 Å². The first-order valence-electron chi connectivity index (χ1n) is 7.64. The fraction of sp³-hybridized carbons (Fsp3) is 0.294. The van der Waals surface area contributed by atoms with Crippen LogP contribution in [0.4, 0.5) is 0 Å². The third-order valence-electron chi connectivity index (χ3n) is 4.09. The number of hydrogen-bond acceptors (Lipinski definition) is 4. The Hall–Kier alpha value is -2.34. The topological polar surface area (TPSA) is 55.6 Å². The maximum absolute atomic E-state index is 12.6. The van der Waals surface area contributed by atoms with Crippen LogP contribution < -0.4 is 10.1 Å². The smallest absolute Gasteiger partial charge is 0.272 e. The zero-order chi connectivity index (χ0) is 15.8. The number of methoxy groups -OCH3 is 1. The van der Waals surface area contributed by atoms with E-state index in [-0.39, 0.29) is 5.91 Å². The average Bonchev–Trinajstić information content (AvgIpc) is 3.18. The molecule has 0 atom stereocenters. The molecule has 2 aromatic heterocycles. The highest BCUT2D eigenvalue weighted by atomic mass is 32.1. The molecule has 0 saturated heterocycles. The Kier molecular flexibility index (Phi) is 3.53. The van der Waals surface area contributed by atoms with Gasteiger partial charge in [-0.25, -0.2) is 4.98 Å². The molecule has 0 aliphatic heterocycles. The summed E-state index contributed by atoms with van der Waals surface area (Å²) in [6.45, 7) is 0.742. The molecule has 4 rings (SSSR count). The van der Waals surface area contributed by atoms with Crippen molar-refractivity contribution >= 4 is 22.2 Å². The van der Waals surface area contributed by atoms with Crippen LogP contribution in [0.2, 0.25) is 0 Å². The van der Waals surface area contributed by atoms with Gasteiger partial charge in [0.05, 0.1) is 12.8 Å². The molecule has 3 aromatic rings. The van der Waals surface area contributed by atoms with Gasteiger partial charge in [0.1, 0.15) is 5.75 Å². The molecule has 1 fully saturated rings. The number of hydrogen-bond donors (Lipinski definition) is 1. The monoisotopic (exact) mass is 327 g/mol. The number of imidazole rings is 1. The van der Waals surface area contributed by atoms with E-state index in [4.69, 9.17) is 4.74 Å². The molecule has 0 unspecified atom stereocenters. The zero-order valence-electron chi connectivity index (χ0n) is 12.8. The molecule has 1 amide bonds. The summed E-state index contributed by atoms with van der Waals surface area (Å²) in [4.78, 5) is 17.9. The van der Waals surface area contributed by atoms with Crippen molar-refractivity contribution in [3.05, 3.63) is 41.5 Å². The van der Waals surface area contributed by atoms with Crippen LogP contribution in [0, 0.1) is 5.92 Å². The van der Waals surface area contributed by atoms with Gasteiger partial charge in [0.2, 0.25) is 0 Å². The number of benzene rings is 1. The molecule has 1 N–H and O–H groups in total. The minimum Gasteiger partial charge on any atom is -0.497 e. The lowest BCUT2D eigenvalue weighted by Crippen LogP contribution is -2.26. The molecule has 5 nitrogen and oxygen atoms in total. The van der Waals surface area contributed by atoms with Crippen LogP contribution in [0.15, 0.2) is 35.8 Å². The van der Waals surface area contributed by atoms with Gasteiger partial charge in [-0.05, 0) is 43.0 Å². The number of amides is 1. The fourth-order valence-corrected chi connectivity index (χ4v) is 3.33. The lowest BCUT2D eigenvalue weighted by molar-refractivity contribution is 0.0948. The van der Waals surface area contributed by atoms with Gasteiger partial charge in [-0.15, -0.1) is 11.3 Å². The van der Waals surface area contributed by atoms with Crippen LogP contribution in [0.1, 0.15) is 23.3 Å². The van der Waals surface area contributed by atoms with Crippen LogP contribution in [-0.4, -0.2) is 28.9 Å². The summed E-state index contributed by atoms with van der Waals surface area (Å²) in [6, 6.07) is 7.70. The summed E-state index contributed by atoms with van der Waals surface area (Å²) < 4.78 is 7.18. The van der Waals surface area contributed by atoms with E-state index in [1.807, 2.05) is 40.2 Å². The summed E-state index contributed by atoms with van der Waals surface area (Å²) in [7, 11) is 1.64. The predicted octanol–water partition coefficient (Wildman–Crippen LogP) is 3.21. The zero-order valence-corrected chi connectivity index (χ0v) is 13.6. The maximum Gasteiger partial charge on any atom is 0.272 e. The maximum atomic E-state index is 12.6. The third-order valence-corrected chi connectivity index (χ3v) is 4.85. The van der Waals surface area contributed by atoms with E-state index in [0.29, 0.717) is 11.6 Å². The number of nitrogens with one attached hydrogen (secondary N) is 1. The van der Waals surface area contributed by atoms with E-state index in [0.717, 1.165) is 28.5 Å². The molecular weight excluding hydrogens is 310 g/mol. The highest BCUT2D eigenvalue weighted by Gasteiger charge is 2.25. The average molecular weight is 327 g/mol. The van der Waals surface area contributed by atoms with Crippen LogP contribution in [0.3, 0.4) is 0 Å². The van der Waals surface area contributed by atoms with Crippen molar-refractivity contribution in [1.82, 2.24) is 14.7 Å². The molecule has 0 bridgehead atoms. The van der Waals surface area contributed by atoms with Crippen molar-refractivity contribution in [2.75, 3.05) is 13.7 Å². The molecule has 6 heteroatoms. The largest absolute Gasteiger partial charge is 0.497 e. The minimum atomic E-state index is -0.0985. The SMILES string of the molecule is COc1ccc(-c2c(C(=O)NCC3CC3)nc3sccn23)cc1.